The predicted molar refractivity (Wildman–Crippen MR) is 103 cm³/mol. The molecule has 30 heavy (non-hydrogen) atoms. The number of hydrogen-bond acceptors (Lipinski definition) is 4. The molecule has 1 heterocycles. The molecule has 3 aromatic rings. The molecule has 0 unspecified atom stereocenters. The van der Waals surface area contributed by atoms with Crippen molar-refractivity contribution in [2.45, 2.75) is 26.4 Å². The van der Waals surface area contributed by atoms with E-state index >= 15 is 0 Å². The first-order valence-electron chi connectivity index (χ1n) is 8.82. The number of nitrogens with zero attached hydrogens (tertiary/aromatic N) is 2. The molecule has 0 aliphatic rings. The van der Waals surface area contributed by atoms with E-state index in [-0.39, 0.29) is 28.5 Å². The third kappa shape index (κ3) is 5.31. The summed E-state index contributed by atoms with van der Waals surface area (Å²) in [6.07, 6.45) is 0. The van der Waals surface area contributed by atoms with Gasteiger partial charge in [0, 0.05) is 29.4 Å². The van der Waals surface area contributed by atoms with E-state index < -0.39 is 18.4 Å². The minimum Gasteiger partial charge on any atom is -0.435 e. The average Bonchev–Trinajstić information content (AvgIpc) is 2.67. The molecule has 1 N–H and O–H groups in total. The minimum absolute atomic E-state index is 0.0213. The van der Waals surface area contributed by atoms with E-state index in [0.29, 0.717) is 11.3 Å². The Bertz CT molecular complexity index is 1050. The fourth-order valence-electron chi connectivity index (χ4n) is 2.66. The Morgan fingerprint density at radius 2 is 1.77 bits per heavy atom. The first-order chi connectivity index (χ1) is 14.1. The summed E-state index contributed by atoms with van der Waals surface area (Å²) in [5.41, 5.74) is 0.976. The van der Waals surface area contributed by atoms with Gasteiger partial charge in [-0.3, -0.25) is 4.79 Å². The van der Waals surface area contributed by atoms with Gasteiger partial charge in [0.25, 0.3) is 11.8 Å². The van der Waals surface area contributed by atoms with Crippen LogP contribution in [0.5, 0.6) is 5.75 Å². The second-order valence-electron chi connectivity index (χ2n) is 6.54. The van der Waals surface area contributed by atoms with E-state index in [0.717, 1.165) is 6.92 Å². The largest absolute Gasteiger partial charge is 0.435 e. The molecule has 0 radical (unpaired) electrons. The van der Waals surface area contributed by atoms with Crippen molar-refractivity contribution >= 4 is 11.6 Å². The number of rotatable bonds is 6. The van der Waals surface area contributed by atoms with Crippen LogP contribution in [0.2, 0.25) is 0 Å². The van der Waals surface area contributed by atoms with E-state index in [1.165, 1.54) is 54.6 Å². The van der Waals surface area contributed by atoms with Gasteiger partial charge in [-0.15, -0.1) is 0 Å². The molecule has 0 atom stereocenters. The number of benzene rings is 2. The van der Waals surface area contributed by atoms with Gasteiger partial charge < -0.3 is 10.1 Å². The highest BCUT2D eigenvalue weighted by Gasteiger charge is 2.24. The van der Waals surface area contributed by atoms with Crippen LogP contribution in [0.1, 0.15) is 28.7 Å². The Labute approximate surface area is 169 Å². The number of carbonyl (C=O) groups excluding carboxylic acids is 1. The Kier molecular flexibility index (Phi) is 6.00. The van der Waals surface area contributed by atoms with Crippen LogP contribution in [0.15, 0.2) is 54.6 Å². The molecule has 0 aliphatic heterocycles. The fraction of sp³-hybridized carbons (Fsp3) is 0.190. The van der Waals surface area contributed by atoms with E-state index in [1.54, 1.807) is 6.92 Å². The SMILES string of the molecule is Cc1cc(C(=O)Nc2cccc(C(C)(F)F)c2)nc(-c2ccc(OC(F)F)cc2)n1. The van der Waals surface area contributed by atoms with Crippen LogP contribution >= 0.6 is 0 Å². The number of hydrogen-bond donors (Lipinski definition) is 1. The standard InChI is InChI=1S/C21H17F4N3O2/c1-12-10-17(19(29)27-15-5-3-4-14(11-15)21(2,24)25)28-18(26-12)13-6-8-16(9-7-13)30-20(22)23/h3-11,20H,1-2H3,(H,27,29). The first-order valence-corrected chi connectivity index (χ1v) is 8.82. The number of nitrogens with one attached hydrogen (secondary N) is 1. The minimum atomic E-state index is -3.04. The number of ether oxygens (including phenoxy) is 1. The highest BCUT2D eigenvalue weighted by atomic mass is 19.3. The number of aryl methyl sites for hydroxylation is 1. The highest BCUT2D eigenvalue weighted by Crippen LogP contribution is 2.29. The number of amides is 1. The van der Waals surface area contributed by atoms with Crippen LogP contribution < -0.4 is 10.1 Å². The van der Waals surface area contributed by atoms with Crippen molar-refractivity contribution in [2.24, 2.45) is 0 Å². The molecule has 0 spiro atoms. The van der Waals surface area contributed by atoms with E-state index in [4.69, 9.17) is 0 Å². The summed E-state index contributed by atoms with van der Waals surface area (Å²) in [7, 11) is 0. The van der Waals surface area contributed by atoms with Gasteiger partial charge in [-0.2, -0.15) is 8.78 Å². The van der Waals surface area contributed by atoms with Crippen molar-refractivity contribution in [3.05, 3.63) is 71.5 Å². The third-order valence-corrected chi connectivity index (χ3v) is 4.05. The molecule has 0 saturated carbocycles. The van der Waals surface area contributed by atoms with Crippen molar-refractivity contribution in [3.63, 3.8) is 0 Å². The Morgan fingerprint density at radius 1 is 1.07 bits per heavy atom. The summed E-state index contributed by atoms with van der Waals surface area (Å²) in [6, 6.07) is 12.5. The summed E-state index contributed by atoms with van der Waals surface area (Å²) in [6.45, 7) is -0.507. The van der Waals surface area contributed by atoms with Gasteiger partial charge in [-0.05, 0) is 49.4 Å². The predicted octanol–water partition coefficient (Wildman–Crippen LogP) is 5.42. The van der Waals surface area contributed by atoms with E-state index in [9.17, 15) is 22.4 Å². The smallest absolute Gasteiger partial charge is 0.387 e. The second kappa shape index (κ2) is 8.48. The lowest BCUT2D eigenvalue weighted by molar-refractivity contribution is -0.0498. The van der Waals surface area contributed by atoms with Gasteiger partial charge in [-0.1, -0.05) is 12.1 Å². The molecule has 3 rings (SSSR count). The van der Waals surface area contributed by atoms with Crippen LogP contribution in [0.25, 0.3) is 11.4 Å². The normalized spacial score (nSPS) is 11.4. The van der Waals surface area contributed by atoms with Crippen molar-refractivity contribution in [1.29, 1.82) is 0 Å². The highest BCUT2D eigenvalue weighted by molar-refractivity contribution is 6.03. The lowest BCUT2D eigenvalue weighted by Crippen LogP contribution is -2.16. The molecule has 5 nitrogen and oxygen atoms in total. The molecule has 0 fully saturated rings. The van der Waals surface area contributed by atoms with Crippen molar-refractivity contribution in [2.75, 3.05) is 5.32 Å². The van der Waals surface area contributed by atoms with Gasteiger partial charge in [0.1, 0.15) is 11.4 Å². The molecule has 2 aromatic carbocycles. The zero-order chi connectivity index (χ0) is 21.9. The molecule has 0 bridgehead atoms. The number of carbonyl (C=O) groups is 1. The summed E-state index contributed by atoms with van der Waals surface area (Å²) in [5, 5.41) is 2.54. The maximum atomic E-state index is 13.5. The lowest BCUT2D eigenvalue weighted by atomic mass is 10.1. The Morgan fingerprint density at radius 3 is 2.40 bits per heavy atom. The van der Waals surface area contributed by atoms with Gasteiger partial charge in [0.2, 0.25) is 0 Å². The number of anilines is 1. The van der Waals surface area contributed by atoms with Gasteiger partial charge in [0.15, 0.2) is 5.82 Å². The Hall–Kier alpha value is -3.49. The Balaban J connectivity index is 1.84. The zero-order valence-corrected chi connectivity index (χ0v) is 16.0. The fourth-order valence-corrected chi connectivity index (χ4v) is 2.66. The maximum Gasteiger partial charge on any atom is 0.387 e. The number of alkyl halides is 4. The van der Waals surface area contributed by atoms with Crippen molar-refractivity contribution in [1.82, 2.24) is 9.97 Å². The molecule has 1 aromatic heterocycles. The van der Waals surface area contributed by atoms with Crippen LogP contribution in [0.4, 0.5) is 23.2 Å². The van der Waals surface area contributed by atoms with Gasteiger partial charge in [0.05, 0.1) is 0 Å². The van der Waals surface area contributed by atoms with E-state index in [1.807, 2.05) is 0 Å². The summed E-state index contributed by atoms with van der Waals surface area (Å²) >= 11 is 0. The molecule has 0 aliphatic carbocycles. The van der Waals surface area contributed by atoms with Crippen molar-refractivity contribution < 1.29 is 27.1 Å². The molecule has 156 valence electrons. The molecule has 1 amide bonds. The average molecular weight is 419 g/mol. The monoisotopic (exact) mass is 419 g/mol. The molecule has 0 saturated heterocycles. The van der Waals surface area contributed by atoms with Crippen molar-refractivity contribution in [3.8, 4) is 17.1 Å². The van der Waals surface area contributed by atoms with Crippen LogP contribution in [0.3, 0.4) is 0 Å². The third-order valence-electron chi connectivity index (χ3n) is 4.05. The van der Waals surface area contributed by atoms with Crippen LogP contribution in [-0.4, -0.2) is 22.5 Å². The topological polar surface area (TPSA) is 64.1 Å². The quantitative estimate of drug-likeness (QED) is 0.542. The zero-order valence-electron chi connectivity index (χ0n) is 16.0. The lowest BCUT2D eigenvalue weighted by Gasteiger charge is -2.13. The van der Waals surface area contributed by atoms with Crippen LogP contribution in [-0.2, 0) is 5.92 Å². The molecular formula is C21H17F4N3O2. The second-order valence-corrected chi connectivity index (χ2v) is 6.54. The summed E-state index contributed by atoms with van der Waals surface area (Å²) in [4.78, 5) is 21.0. The summed E-state index contributed by atoms with van der Waals surface area (Å²) in [5.74, 6) is -3.46. The van der Waals surface area contributed by atoms with E-state index in [2.05, 4.69) is 20.0 Å². The maximum absolute atomic E-state index is 13.5. The van der Waals surface area contributed by atoms with Crippen LogP contribution in [0, 0.1) is 6.92 Å². The number of aromatic nitrogens is 2. The first kappa shape index (κ1) is 21.2. The van der Waals surface area contributed by atoms with Gasteiger partial charge in [-0.25, -0.2) is 18.7 Å². The molecule has 9 heteroatoms. The number of halogens is 4. The summed E-state index contributed by atoms with van der Waals surface area (Å²) < 4.78 is 55.9. The van der Waals surface area contributed by atoms with Gasteiger partial charge >= 0.3 is 6.61 Å². The molecular weight excluding hydrogens is 402 g/mol.